The van der Waals surface area contributed by atoms with Crippen LogP contribution in [0.2, 0.25) is 0 Å². The summed E-state index contributed by atoms with van der Waals surface area (Å²) in [7, 11) is -3.70. The molecule has 0 saturated carbocycles. The molecule has 164 valence electrons. The number of anilines is 1. The van der Waals surface area contributed by atoms with Gasteiger partial charge in [0.15, 0.2) is 5.60 Å². The van der Waals surface area contributed by atoms with E-state index in [-0.39, 0.29) is 29.6 Å². The van der Waals surface area contributed by atoms with Crippen molar-refractivity contribution in [1.82, 2.24) is 4.31 Å². The molecule has 2 atom stereocenters. The fourth-order valence-electron chi connectivity index (χ4n) is 3.48. The first kappa shape index (κ1) is 22.9. The molecule has 0 aromatic heterocycles. The quantitative estimate of drug-likeness (QED) is 0.684. The molecule has 2 aromatic carbocycles. The fraction of sp³-hybridized carbons (Fsp3) is 0.400. The van der Waals surface area contributed by atoms with Crippen molar-refractivity contribution in [1.29, 1.82) is 0 Å². The molecule has 0 unspecified atom stereocenters. The molecule has 1 aliphatic heterocycles. The topological polar surface area (TPSA) is 60.9 Å². The van der Waals surface area contributed by atoms with Gasteiger partial charge < -0.3 is 10.0 Å². The van der Waals surface area contributed by atoms with E-state index in [0.29, 0.717) is 24.1 Å². The number of aliphatic hydroxyl groups is 1. The molecule has 1 saturated heterocycles. The Balaban J connectivity index is 1.77. The molecule has 0 radical (unpaired) electrons. The second-order valence-electron chi connectivity index (χ2n) is 7.49. The van der Waals surface area contributed by atoms with E-state index in [1.165, 1.54) is 34.6 Å². The van der Waals surface area contributed by atoms with Crippen molar-refractivity contribution in [2.75, 3.05) is 24.5 Å². The summed E-state index contributed by atoms with van der Waals surface area (Å²) < 4.78 is 66.4. The van der Waals surface area contributed by atoms with E-state index in [1.807, 2.05) is 11.8 Å². The van der Waals surface area contributed by atoms with Gasteiger partial charge in [-0.2, -0.15) is 17.5 Å². The molecule has 0 amide bonds. The summed E-state index contributed by atoms with van der Waals surface area (Å²) in [5.74, 6) is 0. The SMILES string of the molecule is C[C@H]1CN(S(=O)(=O)c2ccccc2S)CCN1c1ccc([C@@](C)(O)C(F)(F)F)cc1. The highest BCUT2D eigenvalue weighted by atomic mass is 32.2. The van der Waals surface area contributed by atoms with Crippen molar-refractivity contribution in [2.24, 2.45) is 0 Å². The molecule has 0 aliphatic carbocycles. The Labute approximate surface area is 179 Å². The van der Waals surface area contributed by atoms with Gasteiger partial charge in [0.25, 0.3) is 0 Å². The molecule has 1 fully saturated rings. The number of nitrogens with zero attached hydrogens (tertiary/aromatic N) is 2. The average Bonchev–Trinajstić information content (AvgIpc) is 2.67. The lowest BCUT2D eigenvalue weighted by molar-refractivity contribution is -0.258. The summed E-state index contributed by atoms with van der Waals surface area (Å²) in [6.45, 7) is 3.41. The Morgan fingerprint density at radius 2 is 1.67 bits per heavy atom. The van der Waals surface area contributed by atoms with Crippen LogP contribution in [0.3, 0.4) is 0 Å². The Kier molecular flexibility index (Phi) is 6.16. The zero-order valence-electron chi connectivity index (χ0n) is 16.5. The summed E-state index contributed by atoms with van der Waals surface area (Å²) in [4.78, 5) is 2.46. The fourth-order valence-corrected chi connectivity index (χ4v) is 5.58. The third-order valence-corrected chi connectivity index (χ3v) is 7.85. The smallest absolute Gasteiger partial charge is 0.376 e. The van der Waals surface area contributed by atoms with Crippen LogP contribution < -0.4 is 4.90 Å². The Morgan fingerprint density at radius 3 is 2.20 bits per heavy atom. The van der Waals surface area contributed by atoms with Crippen LogP contribution in [0.1, 0.15) is 19.4 Å². The number of piperazine rings is 1. The van der Waals surface area contributed by atoms with Gasteiger partial charge in [-0.15, -0.1) is 12.6 Å². The van der Waals surface area contributed by atoms with E-state index in [2.05, 4.69) is 12.6 Å². The van der Waals surface area contributed by atoms with Crippen LogP contribution in [-0.4, -0.2) is 49.7 Å². The maximum atomic E-state index is 13.0. The molecular formula is C20H23F3N2O3S2. The van der Waals surface area contributed by atoms with E-state index in [9.17, 15) is 26.7 Å². The van der Waals surface area contributed by atoms with Crippen LogP contribution in [0.4, 0.5) is 18.9 Å². The largest absolute Gasteiger partial charge is 0.421 e. The minimum absolute atomic E-state index is 0.146. The molecule has 0 spiro atoms. The molecular weight excluding hydrogens is 437 g/mol. The zero-order valence-corrected chi connectivity index (χ0v) is 18.2. The second kappa shape index (κ2) is 8.07. The highest BCUT2D eigenvalue weighted by molar-refractivity contribution is 7.90. The number of thiol groups is 1. The van der Waals surface area contributed by atoms with Crippen LogP contribution in [0, 0.1) is 0 Å². The van der Waals surface area contributed by atoms with Crippen molar-refractivity contribution in [3.63, 3.8) is 0 Å². The third kappa shape index (κ3) is 4.18. The lowest BCUT2D eigenvalue weighted by Gasteiger charge is -2.41. The predicted molar refractivity (Wildman–Crippen MR) is 111 cm³/mol. The van der Waals surface area contributed by atoms with E-state index < -0.39 is 21.8 Å². The van der Waals surface area contributed by atoms with Crippen LogP contribution in [0.15, 0.2) is 58.3 Å². The van der Waals surface area contributed by atoms with Crippen LogP contribution in [0.25, 0.3) is 0 Å². The van der Waals surface area contributed by atoms with Crippen molar-refractivity contribution >= 4 is 28.3 Å². The molecule has 1 N–H and O–H groups in total. The van der Waals surface area contributed by atoms with Crippen LogP contribution >= 0.6 is 12.6 Å². The van der Waals surface area contributed by atoms with E-state index in [0.717, 1.165) is 0 Å². The number of hydrogen-bond donors (Lipinski definition) is 2. The van der Waals surface area contributed by atoms with Gasteiger partial charge in [0.2, 0.25) is 10.0 Å². The molecule has 3 rings (SSSR count). The number of benzene rings is 2. The molecule has 10 heteroatoms. The van der Waals surface area contributed by atoms with Crippen molar-refractivity contribution in [3.8, 4) is 0 Å². The molecule has 5 nitrogen and oxygen atoms in total. The van der Waals surface area contributed by atoms with Crippen LogP contribution in [0.5, 0.6) is 0 Å². The number of alkyl halides is 3. The Bertz CT molecular complexity index is 1010. The summed E-state index contributed by atoms with van der Waals surface area (Å²) in [5.41, 5.74) is -2.53. The van der Waals surface area contributed by atoms with Gasteiger partial charge in [0.05, 0.1) is 4.90 Å². The number of rotatable bonds is 4. The average molecular weight is 461 g/mol. The summed E-state index contributed by atoms with van der Waals surface area (Å²) in [6.07, 6.45) is -4.79. The Hall–Kier alpha value is -1.75. The third-order valence-electron chi connectivity index (χ3n) is 5.39. The van der Waals surface area contributed by atoms with Gasteiger partial charge in [-0.1, -0.05) is 24.3 Å². The van der Waals surface area contributed by atoms with Crippen molar-refractivity contribution in [2.45, 2.75) is 41.5 Å². The minimum Gasteiger partial charge on any atom is -0.376 e. The normalized spacial score (nSPS) is 20.8. The maximum Gasteiger partial charge on any atom is 0.421 e. The van der Waals surface area contributed by atoms with Crippen LogP contribution in [-0.2, 0) is 15.6 Å². The van der Waals surface area contributed by atoms with Gasteiger partial charge in [0, 0.05) is 36.3 Å². The second-order valence-corrected chi connectivity index (χ2v) is 9.88. The summed E-state index contributed by atoms with van der Waals surface area (Å²) in [5, 5.41) is 9.81. The lowest BCUT2D eigenvalue weighted by Crippen LogP contribution is -2.53. The highest BCUT2D eigenvalue weighted by Gasteiger charge is 2.51. The van der Waals surface area contributed by atoms with Gasteiger partial charge in [-0.3, -0.25) is 0 Å². The predicted octanol–water partition coefficient (Wildman–Crippen LogP) is 3.64. The molecule has 30 heavy (non-hydrogen) atoms. The number of halogens is 3. The Morgan fingerprint density at radius 1 is 1.07 bits per heavy atom. The lowest BCUT2D eigenvalue weighted by atomic mass is 9.95. The van der Waals surface area contributed by atoms with Crippen molar-refractivity contribution < 1.29 is 26.7 Å². The van der Waals surface area contributed by atoms with E-state index in [4.69, 9.17) is 0 Å². The van der Waals surface area contributed by atoms with E-state index >= 15 is 0 Å². The van der Waals surface area contributed by atoms with Gasteiger partial charge in [-0.05, 0) is 43.7 Å². The molecule has 0 bridgehead atoms. The molecule has 2 aromatic rings. The first-order valence-electron chi connectivity index (χ1n) is 9.30. The van der Waals surface area contributed by atoms with Crippen molar-refractivity contribution in [3.05, 3.63) is 54.1 Å². The zero-order chi connectivity index (χ0) is 22.3. The minimum atomic E-state index is -4.79. The van der Waals surface area contributed by atoms with Gasteiger partial charge in [0.1, 0.15) is 0 Å². The summed E-state index contributed by atoms with van der Waals surface area (Å²) >= 11 is 4.24. The molecule has 1 heterocycles. The number of sulfonamides is 1. The maximum absolute atomic E-state index is 13.0. The van der Waals surface area contributed by atoms with E-state index in [1.54, 1.807) is 18.2 Å². The van der Waals surface area contributed by atoms with Gasteiger partial charge >= 0.3 is 6.18 Å². The summed E-state index contributed by atoms with van der Waals surface area (Å²) in [6, 6.07) is 11.8. The monoisotopic (exact) mass is 460 g/mol. The molecule has 1 aliphatic rings. The first-order chi connectivity index (χ1) is 13.9. The number of hydrogen-bond acceptors (Lipinski definition) is 5. The highest BCUT2D eigenvalue weighted by Crippen LogP contribution is 2.39. The van der Waals surface area contributed by atoms with Gasteiger partial charge in [-0.25, -0.2) is 8.42 Å². The standard InChI is InChI=1S/C20H23F3N2O3S2/c1-14-13-24(30(27,28)18-6-4-3-5-17(18)29)11-12-25(14)16-9-7-15(8-10-16)19(2,26)20(21,22)23/h3-10,14,26,29H,11-13H2,1-2H3/t14-,19+/m0/s1. The first-order valence-corrected chi connectivity index (χ1v) is 11.2.